The smallest absolute Gasteiger partial charge is 0.0811 e. The van der Waals surface area contributed by atoms with Gasteiger partial charge in [-0.3, -0.25) is 0 Å². The molecular formula is C88H56N6. The highest BCUT2D eigenvalue weighted by atomic mass is 15.1. The zero-order valence-electron chi connectivity index (χ0n) is 51.0. The maximum absolute atomic E-state index is 5.70. The molecule has 94 heavy (non-hydrogen) atoms. The van der Waals surface area contributed by atoms with E-state index >= 15 is 0 Å². The van der Waals surface area contributed by atoms with Crippen LogP contribution in [0.3, 0.4) is 0 Å². The van der Waals surface area contributed by atoms with Crippen LogP contribution >= 0.6 is 0 Å². The van der Waals surface area contributed by atoms with Gasteiger partial charge < -0.3 is 18.3 Å². The molecule has 0 unspecified atom stereocenters. The van der Waals surface area contributed by atoms with Gasteiger partial charge in [0.15, 0.2) is 0 Å². The van der Waals surface area contributed by atoms with Crippen LogP contribution in [0.5, 0.6) is 0 Å². The molecular weight excluding hydrogens is 1140 g/mol. The van der Waals surface area contributed by atoms with Gasteiger partial charge in [0.25, 0.3) is 0 Å². The highest BCUT2D eigenvalue weighted by Crippen LogP contribution is 2.56. The topological polar surface area (TPSA) is 45.5 Å². The molecule has 0 saturated carbocycles. The second kappa shape index (κ2) is 21.5. The van der Waals surface area contributed by atoms with Crippen LogP contribution in [-0.2, 0) is 0 Å². The normalized spacial score (nSPS) is 11.8. The largest absolute Gasteiger partial charge is 0.306 e. The summed E-state index contributed by atoms with van der Waals surface area (Å²) in [6.07, 6.45) is 0. The van der Waals surface area contributed by atoms with Gasteiger partial charge in [-0.2, -0.15) is 0 Å². The number of hydrogen-bond donors (Lipinski definition) is 0. The number of para-hydroxylation sites is 8. The van der Waals surface area contributed by atoms with Crippen molar-refractivity contribution in [3.8, 4) is 90.0 Å². The fourth-order valence-corrected chi connectivity index (χ4v) is 15.1. The van der Waals surface area contributed by atoms with Crippen molar-refractivity contribution in [3.63, 3.8) is 0 Å². The molecule has 6 aromatic heterocycles. The molecule has 438 valence electrons. The van der Waals surface area contributed by atoms with Gasteiger partial charge in [0.2, 0.25) is 0 Å². The molecule has 0 aliphatic rings. The molecule has 0 amide bonds. The zero-order valence-corrected chi connectivity index (χ0v) is 51.0. The van der Waals surface area contributed by atoms with Crippen molar-refractivity contribution in [3.05, 3.63) is 340 Å². The SMILES string of the molecule is c1ccc(-c2cc(-c3c(-n4c5ccccc5c5ccccc54)c(-n4c5ccccc5c5ccccc54)c(-c4cc(-c5ccccc5)nc(-c5ccccc5)c4)c(-n4c5ccccc5c5ccccc54)c3-n3c4ccccc4c4ccccc43)cc(-c3ccccc3)n2)cc1. The Kier molecular flexibility index (Phi) is 12.2. The number of hydrogen-bond acceptors (Lipinski definition) is 2. The predicted octanol–water partition coefficient (Wildman–Crippen LogP) is 22.9. The standard InChI is InChI=1S/C88H56N6/c1-5-29-57(30-6-1)71-53-61(54-72(89-71)58-31-7-2-8-32-58)83-85(91-75-45-21-13-37-63(75)64-38-14-22-46-76(64)91)87(93-79-49-25-17-41-67(79)68-42-18-26-50-80(68)93)84(62-55-73(59-33-9-3-10-34-59)90-74(56-62)60-35-11-4-12-36-60)88(94-81-51-27-19-43-69(81)70-44-20-28-52-82(70)94)86(83)92-77-47-23-15-39-65(77)66-40-16-24-48-78(66)92/h1-56H. The number of aromatic nitrogens is 6. The van der Waals surface area contributed by atoms with E-state index in [0.29, 0.717) is 0 Å². The van der Waals surface area contributed by atoms with Crippen LogP contribution in [-0.4, -0.2) is 28.2 Å². The van der Waals surface area contributed by atoms with Crippen LogP contribution in [0.4, 0.5) is 0 Å². The first kappa shape index (κ1) is 53.2. The molecule has 19 aromatic rings. The maximum atomic E-state index is 5.70. The maximum Gasteiger partial charge on any atom is 0.0811 e. The lowest BCUT2D eigenvalue weighted by molar-refractivity contribution is 1.05. The van der Waals surface area contributed by atoms with Crippen molar-refractivity contribution in [2.75, 3.05) is 0 Å². The third-order valence-electron chi connectivity index (χ3n) is 19.1. The summed E-state index contributed by atoms with van der Waals surface area (Å²) in [7, 11) is 0. The van der Waals surface area contributed by atoms with Gasteiger partial charge in [0, 0.05) is 76.5 Å². The summed E-state index contributed by atoms with van der Waals surface area (Å²) in [5, 5.41) is 9.19. The van der Waals surface area contributed by atoms with Crippen molar-refractivity contribution in [2.24, 2.45) is 0 Å². The second-order valence-electron chi connectivity index (χ2n) is 24.3. The molecule has 6 heterocycles. The Balaban J connectivity index is 1.19. The van der Waals surface area contributed by atoms with E-state index in [1.54, 1.807) is 0 Å². The second-order valence-corrected chi connectivity index (χ2v) is 24.3. The highest BCUT2D eigenvalue weighted by Gasteiger charge is 2.36. The monoisotopic (exact) mass is 1200 g/mol. The first-order valence-corrected chi connectivity index (χ1v) is 32.1. The van der Waals surface area contributed by atoms with Crippen LogP contribution < -0.4 is 0 Å². The Morgan fingerprint density at radius 2 is 0.319 bits per heavy atom. The first-order chi connectivity index (χ1) is 46.7. The molecule has 6 heteroatoms. The fourth-order valence-electron chi connectivity index (χ4n) is 15.1. The summed E-state index contributed by atoms with van der Waals surface area (Å²) in [5.74, 6) is 0. The Labute approximate surface area is 542 Å². The minimum Gasteiger partial charge on any atom is -0.306 e. The molecule has 0 fully saturated rings. The minimum absolute atomic E-state index is 0.855. The van der Waals surface area contributed by atoms with E-state index in [1.165, 1.54) is 0 Å². The predicted molar refractivity (Wildman–Crippen MR) is 392 cm³/mol. The highest BCUT2D eigenvalue weighted by molar-refractivity contribution is 6.19. The van der Waals surface area contributed by atoms with Crippen LogP contribution in [0.15, 0.2) is 340 Å². The molecule has 0 N–H and O–H groups in total. The van der Waals surface area contributed by atoms with E-state index in [9.17, 15) is 0 Å². The van der Waals surface area contributed by atoms with Crippen LogP contribution in [0.2, 0.25) is 0 Å². The van der Waals surface area contributed by atoms with Crippen molar-refractivity contribution >= 4 is 87.2 Å². The average Bonchev–Trinajstić information content (AvgIpc) is 1.39. The Hall–Kier alpha value is -12.6. The molecule has 0 atom stereocenters. The van der Waals surface area contributed by atoms with E-state index in [4.69, 9.17) is 9.97 Å². The van der Waals surface area contributed by atoms with Crippen molar-refractivity contribution in [1.29, 1.82) is 0 Å². The fraction of sp³-hybridized carbons (Fsp3) is 0. The van der Waals surface area contributed by atoms with E-state index < -0.39 is 0 Å². The molecule has 19 rings (SSSR count). The molecule has 0 aliphatic heterocycles. The van der Waals surface area contributed by atoms with Gasteiger partial charge in [-0.05, 0) is 83.9 Å². The molecule has 0 saturated heterocycles. The molecule has 0 radical (unpaired) electrons. The summed E-state index contributed by atoms with van der Waals surface area (Å²) >= 11 is 0. The van der Waals surface area contributed by atoms with Gasteiger partial charge in [-0.25, -0.2) is 9.97 Å². The Bertz CT molecular complexity index is 5250. The molecule has 0 bridgehead atoms. The van der Waals surface area contributed by atoms with Gasteiger partial charge in [0.05, 0.1) is 89.7 Å². The summed E-state index contributed by atoms with van der Waals surface area (Å²) in [6.45, 7) is 0. The Morgan fingerprint density at radius 1 is 0.160 bits per heavy atom. The average molecular weight is 1200 g/mol. The quantitative estimate of drug-likeness (QED) is 0.137. The number of rotatable bonds is 10. The summed E-state index contributed by atoms with van der Waals surface area (Å²) in [4.78, 5) is 11.4. The summed E-state index contributed by atoms with van der Waals surface area (Å²) < 4.78 is 10.4. The lowest BCUT2D eigenvalue weighted by atomic mass is 9.88. The van der Waals surface area contributed by atoms with Crippen molar-refractivity contribution < 1.29 is 0 Å². The van der Waals surface area contributed by atoms with E-state index in [1.807, 2.05) is 0 Å². The van der Waals surface area contributed by atoms with Crippen LogP contribution in [0.1, 0.15) is 0 Å². The third kappa shape index (κ3) is 8.23. The number of pyridine rings is 2. The third-order valence-corrected chi connectivity index (χ3v) is 19.1. The van der Waals surface area contributed by atoms with Gasteiger partial charge >= 0.3 is 0 Å². The number of nitrogens with zero attached hydrogens (tertiary/aromatic N) is 6. The van der Waals surface area contributed by atoms with E-state index in [-0.39, 0.29) is 0 Å². The Morgan fingerprint density at radius 3 is 0.500 bits per heavy atom. The number of benzene rings is 13. The summed E-state index contributed by atoms with van der Waals surface area (Å²) in [6, 6.07) is 124. The zero-order chi connectivity index (χ0) is 61.8. The van der Waals surface area contributed by atoms with E-state index in [0.717, 1.165) is 177 Å². The molecule has 0 spiro atoms. The lowest BCUT2D eigenvalue weighted by Gasteiger charge is -2.32. The lowest BCUT2D eigenvalue weighted by Crippen LogP contribution is -2.16. The minimum atomic E-state index is 0.855. The van der Waals surface area contributed by atoms with Gasteiger partial charge in [-0.1, -0.05) is 267 Å². The molecule has 6 nitrogen and oxygen atoms in total. The van der Waals surface area contributed by atoms with Gasteiger partial charge in [-0.15, -0.1) is 0 Å². The summed E-state index contributed by atoms with van der Waals surface area (Å²) in [5.41, 5.74) is 24.0. The number of fused-ring (bicyclic) bond motifs is 12. The van der Waals surface area contributed by atoms with Crippen LogP contribution in [0, 0.1) is 0 Å². The van der Waals surface area contributed by atoms with Crippen molar-refractivity contribution in [1.82, 2.24) is 28.2 Å². The molecule has 0 aliphatic carbocycles. The first-order valence-electron chi connectivity index (χ1n) is 32.1. The van der Waals surface area contributed by atoms with Crippen molar-refractivity contribution in [2.45, 2.75) is 0 Å². The molecule has 13 aromatic carbocycles. The van der Waals surface area contributed by atoms with E-state index in [2.05, 4.69) is 358 Å². The van der Waals surface area contributed by atoms with Gasteiger partial charge in [0.1, 0.15) is 0 Å². The van der Waals surface area contributed by atoms with Crippen LogP contribution in [0.25, 0.3) is 177 Å².